The average molecular weight is 295 g/mol. The number of rotatable bonds is 2. The standard InChI is InChI=1S/C12H14Cl3NO/c1-12(2,3)16(10(17)7-13)11-8(14)5-4-6-9(11)15/h4-6H,7H2,1-3H3. The Kier molecular flexibility index (Phi) is 4.70. The van der Waals surface area contributed by atoms with Gasteiger partial charge in [0.1, 0.15) is 5.88 Å². The van der Waals surface area contributed by atoms with E-state index in [0.29, 0.717) is 15.7 Å². The quantitative estimate of drug-likeness (QED) is 0.742. The first-order valence-corrected chi connectivity index (χ1v) is 6.41. The van der Waals surface area contributed by atoms with E-state index in [9.17, 15) is 4.79 Å². The number of alkyl halides is 1. The van der Waals surface area contributed by atoms with Gasteiger partial charge in [-0.15, -0.1) is 11.6 Å². The maximum absolute atomic E-state index is 11.9. The molecule has 0 aliphatic heterocycles. The number of anilines is 1. The number of halogens is 3. The van der Waals surface area contributed by atoms with E-state index < -0.39 is 5.54 Å². The van der Waals surface area contributed by atoms with Crippen LogP contribution in [0.1, 0.15) is 20.8 Å². The van der Waals surface area contributed by atoms with Crippen molar-refractivity contribution in [2.24, 2.45) is 0 Å². The molecule has 0 bridgehead atoms. The first kappa shape index (κ1) is 14.6. The van der Waals surface area contributed by atoms with Crippen LogP contribution in [-0.4, -0.2) is 17.3 Å². The third kappa shape index (κ3) is 3.27. The number of hydrogen-bond donors (Lipinski definition) is 0. The van der Waals surface area contributed by atoms with E-state index in [1.165, 1.54) is 4.90 Å². The van der Waals surface area contributed by atoms with Crippen molar-refractivity contribution in [3.8, 4) is 0 Å². The van der Waals surface area contributed by atoms with Gasteiger partial charge in [-0.05, 0) is 32.9 Å². The van der Waals surface area contributed by atoms with Gasteiger partial charge in [0.05, 0.1) is 15.7 Å². The van der Waals surface area contributed by atoms with Crippen LogP contribution in [0, 0.1) is 0 Å². The van der Waals surface area contributed by atoms with E-state index in [2.05, 4.69) is 0 Å². The number of para-hydroxylation sites is 1. The van der Waals surface area contributed by atoms with Crippen molar-refractivity contribution in [2.75, 3.05) is 10.8 Å². The van der Waals surface area contributed by atoms with Gasteiger partial charge in [-0.3, -0.25) is 4.79 Å². The zero-order valence-electron chi connectivity index (χ0n) is 9.93. The van der Waals surface area contributed by atoms with Crippen molar-refractivity contribution in [2.45, 2.75) is 26.3 Å². The lowest BCUT2D eigenvalue weighted by Crippen LogP contribution is -2.47. The maximum Gasteiger partial charge on any atom is 0.242 e. The number of carbonyl (C=O) groups excluding carboxylic acids is 1. The number of carbonyl (C=O) groups is 1. The van der Waals surface area contributed by atoms with Crippen LogP contribution in [-0.2, 0) is 4.79 Å². The highest BCUT2D eigenvalue weighted by Gasteiger charge is 2.30. The Morgan fingerprint density at radius 1 is 1.24 bits per heavy atom. The van der Waals surface area contributed by atoms with Gasteiger partial charge in [-0.2, -0.15) is 0 Å². The van der Waals surface area contributed by atoms with Crippen molar-refractivity contribution in [3.05, 3.63) is 28.2 Å². The first-order chi connectivity index (χ1) is 7.79. The van der Waals surface area contributed by atoms with Crippen LogP contribution in [0.4, 0.5) is 5.69 Å². The topological polar surface area (TPSA) is 20.3 Å². The highest BCUT2D eigenvalue weighted by atomic mass is 35.5. The lowest BCUT2D eigenvalue weighted by molar-refractivity contribution is -0.117. The molecule has 1 aromatic carbocycles. The SMILES string of the molecule is CC(C)(C)N(C(=O)CCl)c1c(Cl)cccc1Cl. The van der Waals surface area contributed by atoms with E-state index in [4.69, 9.17) is 34.8 Å². The predicted octanol–water partition coefficient (Wildman–Crippen LogP) is 4.36. The minimum Gasteiger partial charge on any atom is -0.303 e. The molecule has 0 N–H and O–H groups in total. The smallest absolute Gasteiger partial charge is 0.242 e. The van der Waals surface area contributed by atoms with E-state index in [-0.39, 0.29) is 11.8 Å². The summed E-state index contributed by atoms with van der Waals surface area (Å²) in [6.45, 7) is 5.70. The molecular weight excluding hydrogens is 280 g/mol. The van der Waals surface area contributed by atoms with E-state index >= 15 is 0 Å². The fourth-order valence-electron chi connectivity index (χ4n) is 1.60. The summed E-state index contributed by atoms with van der Waals surface area (Å²) in [5, 5.41) is 0.872. The van der Waals surface area contributed by atoms with Gasteiger partial charge in [0.2, 0.25) is 5.91 Å². The Bertz CT molecular complexity index is 406. The van der Waals surface area contributed by atoms with Crippen LogP contribution in [0.2, 0.25) is 10.0 Å². The largest absolute Gasteiger partial charge is 0.303 e. The summed E-state index contributed by atoms with van der Waals surface area (Å²) in [6.07, 6.45) is 0. The molecule has 0 saturated heterocycles. The summed E-state index contributed by atoms with van der Waals surface area (Å²) >= 11 is 17.8. The Morgan fingerprint density at radius 3 is 2.06 bits per heavy atom. The number of amides is 1. The van der Waals surface area contributed by atoms with Crippen molar-refractivity contribution < 1.29 is 4.79 Å². The Balaban J connectivity index is 3.38. The molecule has 94 valence electrons. The molecule has 0 heterocycles. The Labute approximate surface area is 116 Å². The van der Waals surface area contributed by atoms with Crippen molar-refractivity contribution in [1.29, 1.82) is 0 Å². The zero-order valence-corrected chi connectivity index (χ0v) is 12.2. The molecule has 17 heavy (non-hydrogen) atoms. The highest BCUT2D eigenvalue weighted by Crippen LogP contribution is 2.37. The molecule has 0 fully saturated rings. The molecule has 5 heteroatoms. The second kappa shape index (κ2) is 5.47. The molecule has 0 radical (unpaired) electrons. The number of nitrogens with zero attached hydrogens (tertiary/aromatic N) is 1. The van der Waals surface area contributed by atoms with Gasteiger partial charge in [-0.1, -0.05) is 29.3 Å². The molecule has 0 spiro atoms. The zero-order chi connectivity index (χ0) is 13.2. The van der Waals surface area contributed by atoms with Crippen LogP contribution in [0.25, 0.3) is 0 Å². The van der Waals surface area contributed by atoms with E-state index in [1.807, 2.05) is 20.8 Å². The molecule has 0 aliphatic rings. The molecule has 2 nitrogen and oxygen atoms in total. The fourth-order valence-corrected chi connectivity index (χ4v) is 2.28. The van der Waals surface area contributed by atoms with Crippen LogP contribution < -0.4 is 4.90 Å². The maximum atomic E-state index is 11.9. The van der Waals surface area contributed by atoms with Crippen LogP contribution in [0.15, 0.2) is 18.2 Å². The summed E-state index contributed by atoms with van der Waals surface area (Å²) in [5.74, 6) is -0.340. The minimum absolute atomic E-state index is 0.112. The van der Waals surface area contributed by atoms with Gasteiger partial charge < -0.3 is 4.90 Å². The molecule has 1 amide bonds. The van der Waals surface area contributed by atoms with E-state index in [0.717, 1.165) is 0 Å². The second-order valence-corrected chi connectivity index (χ2v) is 5.69. The summed E-state index contributed by atoms with van der Waals surface area (Å²) < 4.78 is 0. The van der Waals surface area contributed by atoms with Crippen molar-refractivity contribution >= 4 is 46.4 Å². The molecule has 0 aromatic heterocycles. The normalized spacial score (nSPS) is 11.4. The van der Waals surface area contributed by atoms with Crippen LogP contribution in [0.5, 0.6) is 0 Å². The summed E-state index contributed by atoms with van der Waals surface area (Å²) in [7, 11) is 0. The van der Waals surface area contributed by atoms with Gasteiger partial charge in [0.25, 0.3) is 0 Å². The third-order valence-electron chi connectivity index (χ3n) is 2.20. The number of hydrogen-bond acceptors (Lipinski definition) is 1. The van der Waals surface area contributed by atoms with Gasteiger partial charge >= 0.3 is 0 Å². The third-order valence-corrected chi connectivity index (χ3v) is 3.03. The van der Waals surface area contributed by atoms with Crippen LogP contribution >= 0.6 is 34.8 Å². The van der Waals surface area contributed by atoms with Gasteiger partial charge in [0, 0.05) is 5.54 Å². The number of benzene rings is 1. The molecule has 1 aromatic rings. The monoisotopic (exact) mass is 293 g/mol. The van der Waals surface area contributed by atoms with E-state index in [1.54, 1.807) is 18.2 Å². The summed E-state index contributed by atoms with van der Waals surface area (Å²) in [4.78, 5) is 13.5. The molecular formula is C12H14Cl3NO. The molecule has 0 saturated carbocycles. The van der Waals surface area contributed by atoms with Gasteiger partial charge in [0.15, 0.2) is 0 Å². The summed E-state index contributed by atoms with van der Waals surface area (Å²) in [5.41, 5.74) is 0.0645. The lowest BCUT2D eigenvalue weighted by atomic mass is 10.0. The lowest BCUT2D eigenvalue weighted by Gasteiger charge is -2.36. The van der Waals surface area contributed by atoms with Crippen molar-refractivity contribution in [3.63, 3.8) is 0 Å². The Morgan fingerprint density at radius 2 is 1.71 bits per heavy atom. The van der Waals surface area contributed by atoms with Crippen LogP contribution in [0.3, 0.4) is 0 Å². The molecule has 1 rings (SSSR count). The fraction of sp³-hybridized carbons (Fsp3) is 0.417. The van der Waals surface area contributed by atoms with Gasteiger partial charge in [-0.25, -0.2) is 0 Å². The summed E-state index contributed by atoms with van der Waals surface area (Å²) in [6, 6.07) is 5.13. The molecule has 0 aliphatic carbocycles. The molecule has 0 atom stereocenters. The predicted molar refractivity (Wildman–Crippen MR) is 74.4 cm³/mol. The second-order valence-electron chi connectivity index (χ2n) is 4.60. The highest BCUT2D eigenvalue weighted by molar-refractivity contribution is 6.40. The average Bonchev–Trinajstić information content (AvgIpc) is 2.21. The molecule has 0 unspecified atom stereocenters. The minimum atomic E-state index is -0.444. The van der Waals surface area contributed by atoms with Crippen molar-refractivity contribution in [1.82, 2.24) is 0 Å². The first-order valence-electron chi connectivity index (χ1n) is 5.12. The Hall–Kier alpha value is -0.440.